The number of carbonyl (C=O) groups is 1. The number of aromatic amines is 1. The Kier molecular flexibility index (Phi) is 3.73. The van der Waals surface area contributed by atoms with Crippen molar-refractivity contribution in [3.63, 3.8) is 0 Å². The Morgan fingerprint density at radius 1 is 1.37 bits per heavy atom. The highest BCUT2D eigenvalue weighted by molar-refractivity contribution is 5.77. The monoisotopic (exact) mass is 262 g/mol. The minimum absolute atomic E-state index is 0.0713. The summed E-state index contributed by atoms with van der Waals surface area (Å²) in [5.41, 5.74) is 1.16. The molecular weight excluding hydrogens is 240 g/mol. The van der Waals surface area contributed by atoms with Crippen molar-refractivity contribution in [3.05, 3.63) is 24.0 Å². The molecule has 5 heteroatoms. The van der Waals surface area contributed by atoms with Gasteiger partial charge in [0.05, 0.1) is 6.04 Å². The first-order valence-electron chi connectivity index (χ1n) is 7.24. The predicted molar refractivity (Wildman–Crippen MR) is 73.9 cm³/mol. The van der Waals surface area contributed by atoms with Crippen LogP contribution in [-0.2, 0) is 0 Å². The van der Waals surface area contributed by atoms with Crippen molar-refractivity contribution < 1.29 is 4.79 Å². The van der Waals surface area contributed by atoms with Gasteiger partial charge in [0.25, 0.3) is 0 Å². The maximum absolute atomic E-state index is 11.9. The molecule has 3 heterocycles. The third-order valence-electron chi connectivity index (χ3n) is 4.17. The molecule has 2 atom stereocenters. The summed E-state index contributed by atoms with van der Waals surface area (Å²) >= 11 is 0. The second-order valence-corrected chi connectivity index (χ2v) is 5.53. The summed E-state index contributed by atoms with van der Waals surface area (Å²) in [6.07, 6.45) is 8.77. The molecule has 3 rings (SSSR count). The van der Waals surface area contributed by atoms with E-state index in [0.717, 1.165) is 31.6 Å². The maximum atomic E-state index is 11.9. The molecule has 2 aliphatic heterocycles. The largest absolute Gasteiger partial charge is 0.367 e. The number of hydrogen-bond acceptors (Lipinski definition) is 2. The first kappa shape index (κ1) is 12.5. The van der Waals surface area contributed by atoms with Gasteiger partial charge in [-0.15, -0.1) is 0 Å². The number of piperidine rings is 1. The Morgan fingerprint density at radius 2 is 2.32 bits per heavy atom. The average Bonchev–Trinajstić information content (AvgIpc) is 3.07. The van der Waals surface area contributed by atoms with Gasteiger partial charge in [0, 0.05) is 31.5 Å². The van der Waals surface area contributed by atoms with Crippen molar-refractivity contribution in [1.29, 1.82) is 0 Å². The van der Waals surface area contributed by atoms with Crippen LogP contribution in [0, 0.1) is 0 Å². The number of H-pyrrole nitrogens is 1. The highest BCUT2D eigenvalue weighted by Gasteiger charge is 2.30. The van der Waals surface area contributed by atoms with Crippen LogP contribution in [0.5, 0.6) is 0 Å². The zero-order chi connectivity index (χ0) is 13.1. The van der Waals surface area contributed by atoms with E-state index in [9.17, 15) is 4.79 Å². The number of amides is 2. The Morgan fingerprint density at radius 3 is 3.05 bits per heavy atom. The topological polar surface area (TPSA) is 60.2 Å². The van der Waals surface area contributed by atoms with Crippen molar-refractivity contribution in [2.45, 2.75) is 37.8 Å². The molecule has 104 valence electrons. The number of carbonyl (C=O) groups excluding carboxylic acids is 1. The summed E-state index contributed by atoms with van der Waals surface area (Å²) in [4.78, 5) is 16.9. The molecule has 3 N–H and O–H groups in total. The molecule has 0 aliphatic carbocycles. The highest BCUT2D eigenvalue weighted by Crippen LogP contribution is 2.20. The Hall–Kier alpha value is -1.49. The first-order chi connectivity index (χ1) is 9.33. The molecular formula is C14H22N4O. The maximum Gasteiger partial charge on any atom is 0.318 e. The third-order valence-corrected chi connectivity index (χ3v) is 4.17. The minimum atomic E-state index is 0.0713. The minimum Gasteiger partial charge on any atom is -0.367 e. The molecule has 2 aliphatic rings. The number of nitrogens with zero attached hydrogens (tertiary/aromatic N) is 1. The average molecular weight is 262 g/mol. The fraction of sp³-hybridized carbons (Fsp3) is 0.643. The molecule has 0 aromatic carbocycles. The lowest BCUT2D eigenvalue weighted by molar-refractivity contribution is 0.213. The first-order valence-corrected chi connectivity index (χ1v) is 7.24. The van der Waals surface area contributed by atoms with Crippen molar-refractivity contribution in [3.8, 4) is 0 Å². The molecule has 5 nitrogen and oxygen atoms in total. The van der Waals surface area contributed by atoms with E-state index in [0.29, 0.717) is 6.04 Å². The Balaban J connectivity index is 1.50. The van der Waals surface area contributed by atoms with Gasteiger partial charge in [-0.2, -0.15) is 0 Å². The summed E-state index contributed by atoms with van der Waals surface area (Å²) in [5, 5.41) is 6.57. The summed E-state index contributed by atoms with van der Waals surface area (Å²) in [7, 11) is 0. The number of urea groups is 1. The lowest BCUT2D eigenvalue weighted by Crippen LogP contribution is -2.38. The fourth-order valence-electron chi connectivity index (χ4n) is 3.01. The van der Waals surface area contributed by atoms with Gasteiger partial charge in [-0.05, 0) is 37.4 Å². The van der Waals surface area contributed by atoms with Crippen molar-refractivity contribution in [2.75, 3.05) is 19.6 Å². The van der Waals surface area contributed by atoms with Crippen LogP contribution in [0.2, 0.25) is 0 Å². The van der Waals surface area contributed by atoms with Gasteiger partial charge >= 0.3 is 6.03 Å². The van der Waals surface area contributed by atoms with E-state index in [2.05, 4.69) is 15.6 Å². The van der Waals surface area contributed by atoms with E-state index < -0.39 is 0 Å². The third kappa shape index (κ3) is 2.92. The van der Waals surface area contributed by atoms with Gasteiger partial charge in [-0.1, -0.05) is 6.42 Å². The molecule has 2 unspecified atom stereocenters. The van der Waals surface area contributed by atoms with Crippen molar-refractivity contribution in [1.82, 2.24) is 20.5 Å². The quantitative estimate of drug-likeness (QED) is 0.772. The zero-order valence-corrected chi connectivity index (χ0v) is 11.2. The summed E-state index contributed by atoms with van der Waals surface area (Å²) in [6, 6.07) is 2.82. The predicted octanol–water partition coefficient (Wildman–Crippen LogP) is 1.61. The van der Waals surface area contributed by atoms with Crippen molar-refractivity contribution >= 4 is 6.03 Å². The molecule has 0 radical (unpaired) electrons. The number of hydrogen-bond donors (Lipinski definition) is 3. The van der Waals surface area contributed by atoms with E-state index in [1.807, 2.05) is 23.4 Å². The van der Waals surface area contributed by atoms with E-state index in [-0.39, 0.29) is 12.1 Å². The smallest absolute Gasteiger partial charge is 0.318 e. The van der Waals surface area contributed by atoms with Crippen LogP contribution in [0.4, 0.5) is 4.79 Å². The van der Waals surface area contributed by atoms with Gasteiger partial charge in [0.15, 0.2) is 0 Å². The van der Waals surface area contributed by atoms with Crippen LogP contribution >= 0.6 is 0 Å². The lowest BCUT2D eigenvalue weighted by atomic mass is 10.0. The molecule has 0 saturated carbocycles. The van der Waals surface area contributed by atoms with E-state index >= 15 is 0 Å². The van der Waals surface area contributed by atoms with E-state index in [1.165, 1.54) is 19.3 Å². The van der Waals surface area contributed by atoms with Gasteiger partial charge in [0.1, 0.15) is 0 Å². The van der Waals surface area contributed by atoms with Gasteiger partial charge in [-0.3, -0.25) is 0 Å². The molecule has 2 fully saturated rings. The number of nitrogens with one attached hydrogen (secondary N) is 3. The van der Waals surface area contributed by atoms with E-state index in [1.54, 1.807) is 0 Å². The summed E-state index contributed by atoms with van der Waals surface area (Å²) in [5.74, 6) is 0. The fourth-order valence-corrected chi connectivity index (χ4v) is 3.01. The van der Waals surface area contributed by atoms with Crippen LogP contribution in [0.1, 0.15) is 37.3 Å². The Bertz CT molecular complexity index is 411. The van der Waals surface area contributed by atoms with Crippen molar-refractivity contribution in [2.24, 2.45) is 0 Å². The van der Waals surface area contributed by atoms with Crippen LogP contribution in [0.15, 0.2) is 18.5 Å². The molecule has 0 spiro atoms. The number of aromatic nitrogens is 1. The van der Waals surface area contributed by atoms with Gasteiger partial charge in [-0.25, -0.2) is 4.79 Å². The molecule has 2 amide bonds. The van der Waals surface area contributed by atoms with Gasteiger partial charge < -0.3 is 20.5 Å². The standard InChI is InChI=1S/C14H22N4O/c19-14-17-13(11-4-7-15-9-11)10-18(14)8-5-12-3-1-2-6-16-12/h4,7,9,12-13,15-16H,1-3,5-6,8,10H2,(H,17,19). The second kappa shape index (κ2) is 5.65. The van der Waals surface area contributed by atoms with Crippen LogP contribution < -0.4 is 10.6 Å². The van der Waals surface area contributed by atoms with Gasteiger partial charge in [0.2, 0.25) is 0 Å². The zero-order valence-electron chi connectivity index (χ0n) is 11.2. The lowest BCUT2D eigenvalue weighted by Gasteiger charge is -2.25. The van der Waals surface area contributed by atoms with Crippen LogP contribution in [-0.4, -0.2) is 41.6 Å². The molecule has 1 aromatic rings. The highest BCUT2D eigenvalue weighted by atomic mass is 16.2. The molecule has 0 bridgehead atoms. The molecule has 2 saturated heterocycles. The molecule has 1 aromatic heterocycles. The molecule has 19 heavy (non-hydrogen) atoms. The second-order valence-electron chi connectivity index (χ2n) is 5.53. The Labute approximate surface area is 113 Å². The van der Waals surface area contributed by atoms with Crippen LogP contribution in [0.3, 0.4) is 0 Å². The number of rotatable bonds is 4. The summed E-state index contributed by atoms with van der Waals surface area (Å²) in [6.45, 7) is 2.76. The normalized spacial score (nSPS) is 27.6. The summed E-state index contributed by atoms with van der Waals surface area (Å²) < 4.78 is 0. The van der Waals surface area contributed by atoms with E-state index in [4.69, 9.17) is 0 Å². The SMILES string of the molecule is O=C1NC(c2cc[nH]c2)CN1CCC1CCCCN1. The van der Waals surface area contributed by atoms with Crippen LogP contribution in [0.25, 0.3) is 0 Å².